The van der Waals surface area contributed by atoms with E-state index in [0.717, 1.165) is 4.47 Å². The van der Waals surface area contributed by atoms with Crippen LogP contribution in [0, 0.1) is 6.42 Å². The van der Waals surface area contributed by atoms with E-state index < -0.39 is 0 Å². The Bertz CT molecular complexity index is 407. The smallest absolute Gasteiger partial charge is 0.0199 e. The lowest BCUT2D eigenvalue weighted by molar-refractivity contribution is 1.42. The molecular weight excluding hydrogens is 236 g/mol. The van der Waals surface area contributed by atoms with Gasteiger partial charge in [-0.05, 0) is 23.3 Å². The van der Waals surface area contributed by atoms with E-state index >= 15 is 0 Å². The first kappa shape index (κ1) is 9.47. The second-order valence-electron chi connectivity index (χ2n) is 3.11. The molecule has 0 heterocycles. The minimum absolute atomic E-state index is 1.11. The fourth-order valence-electron chi connectivity index (χ4n) is 1.34. The molecule has 0 aliphatic rings. The van der Waals surface area contributed by atoms with E-state index in [-0.39, 0.29) is 0 Å². The average molecular weight is 246 g/mol. The Hall–Kier alpha value is -1.08. The van der Waals surface area contributed by atoms with Crippen LogP contribution in [0.2, 0.25) is 0 Å². The van der Waals surface area contributed by atoms with Crippen molar-refractivity contribution in [2.75, 3.05) is 0 Å². The quantitative estimate of drug-likeness (QED) is 0.749. The maximum Gasteiger partial charge on any atom is 0.0199 e. The van der Waals surface area contributed by atoms with E-state index in [2.05, 4.69) is 46.6 Å². The van der Waals surface area contributed by atoms with Crippen molar-refractivity contribution in [1.29, 1.82) is 0 Å². The second-order valence-corrected chi connectivity index (χ2v) is 4.03. The van der Waals surface area contributed by atoms with Crippen molar-refractivity contribution in [1.82, 2.24) is 0 Å². The predicted molar refractivity (Wildman–Crippen MR) is 63.1 cm³/mol. The zero-order chi connectivity index (χ0) is 9.80. The van der Waals surface area contributed by atoms with E-state index in [1.165, 1.54) is 11.1 Å². The Morgan fingerprint density at radius 1 is 0.786 bits per heavy atom. The van der Waals surface area contributed by atoms with Crippen LogP contribution in [0.15, 0.2) is 59.1 Å². The topological polar surface area (TPSA) is 0 Å². The van der Waals surface area contributed by atoms with Crippen LogP contribution in [0.3, 0.4) is 0 Å². The number of hydrogen-bond acceptors (Lipinski definition) is 0. The van der Waals surface area contributed by atoms with Gasteiger partial charge in [0, 0.05) is 10.9 Å². The Morgan fingerprint density at radius 2 is 1.50 bits per heavy atom. The highest BCUT2D eigenvalue weighted by Crippen LogP contribution is 2.16. The highest BCUT2D eigenvalue weighted by Gasteiger charge is 1.96. The summed E-state index contributed by atoms with van der Waals surface area (Å²) in [4.78, 5) is 0. The molecule has 2 aromatic rings. The third-order valence-corrected chi connectivity index (χ3v) is 2.47. The Balaban J connectivity index is 2.19. The maximum atomic E-state index is 3.46. The molecule has 0 saturated heterocycles. The molecule has 0 fully saturated rings. The van der Waals surface area contributed by atoms with Gasteiger partial charge in [-0.1, -0.05) is 58.4 Å². The molecule has 2 rings (SSSR count). The largest absolute Gasteiger partial charge is 0.0622 e. The Kier molecular flexibility index (Phi) is 3.00. The van der Waals surface area contributed by atoms with Crippen molar-refractivity contribution in [2.24, 2.45) is 0 Å². The maximum absolute atomic E-state index is 3.46. The van der Waals surface area contributed by atoms with Crippen LogP contribution in [0.1, 0.15) is 11.1 Å². The van der Waals surface area contributed by atoms with E-state index in [1.807, 2.05) is 30.3 Å². The monoisotopic (exact) mass is 245 g/mol. The summed E-state index contributed by atoms with van der Waals surface area (Å²) in [7, 11) is 0. The number of halogens is 1. The lowest BCUT2D eigenvalue weighted by Crippen LogP contribution is -1.83. The molecule has 0 N–H and O–H groups in total. The second kappa shape index (κ2) is 4.43. The van der Waals surface area contributed by atoms with Crippen molar-refractivity contribution in [3.05, 3.63) is 76.6 Å². The molecule has 0 amide bonds. The van der Waals surface area contributed by atoms with Gasteiger partial charge in [-0.15, -0.1) is 0 Å². The zero-order valence-electron chi connectivity index (χ0n) is 7.65. The molecule has 1 heteroatoms. The summed E-state index contributed by atoms with van der Waals surface area (Å²) < 4.78 is 1.11. The first-order valence-corrected chi connectivity index (χ1v) is 5.29. The molecule has 0 bridgehead atoms. The molecule has 0 unspecified atom stereocenters. The fraction of sp³-hybridized carbons (Fsp3) is 0. The molecule has 69 valence electrons. The van der Waals surface area contributed by atoms with Crippen molar-refractivity contribution in [2.45, 2.75) is 0 Å². The van der Waals surface area contributed by atoms with Crippen LogP contribution in [-0.2, 0) is 0 Å². The molecule has 0 atom stereocenters. The normalized spacial score (nSPS) is 10.1. The molecule has 14 heavy (non-hydrogen) atoms. The predicted octanol–water partition coefficient (Wildman–Crippen LogP) is 4.05. The summed E-state index contributed by atoms with van der Waals surface area (Å²) >= 11 is 3.46. The Morgan fingerprint density at radius 3 is 2.21 bits per heavy atom. The molecular formula is C13H10Br. The van der Waals surface area contributed by atoms with E-state index in [1.54, 1.807) is 0 Å². The van der Waals surface area contributed by atoms with Crippen molar-refractivity contribution >= 4 is 15.9 Å². The third kappa shape index (κ3) is 2.46. The summed E-state index contributed by atoms with van der Waals surface area (Å²) in [6.07, 6.45) is 2.16. The van der Waals surface area contributed by atoms with Crippen molar-refractivity contribution < 1.29 is 0 Å². The van der Waals surface area contributed by atoms with Gasteiger partial charge in [-0.25, -0.2) is 0 Å². The first-order valence-electron chi connectivity index (χ1n) is 4.50. The molecule has 0 aromatic heterocycles. The van der Waals surface area contributed by atoms with Gasteiger partial charge >= 0.3 is 0 Å². The summed E-state index contributed by atoms with van der Waals surface area (Å²) in [5.74, 6) is 0. The van der Waals surface area contributed by atoms with Crippen molar-refractivity contribution in [3.63, 3.8) is 0 Å². The molecule has 0 spiro atoms. The van der Waals surface area contributed by atoms with E-state index in [0.29, 0.717) is 0 Å². The van der Waals surface area contributed by atoms with E-state index in [9.17, 15) is 0 Å². The molecule has 0 nitrogen and oxygen atoms in total. The van der Waals surface area contributed by atoms with Gasteiger partial charge in [0.15, 0.2) is 0 Å². The third-order valence-electron chi connectivity index (χ3n) is 1.98. The minimum atomic E-state index is 1.11. The lowest BCUT2D eigenvalue weighted by Gasteiger charge is -2.01. The van der Waals surface area contributed by atoms with Gasteiger partial charge < -0.3 is 0 Å². The molecule has 1 radical (unpaired) electrons. The van der Waals surface area contributed by atoms with Crippen LogP contribution in [0.5, 0.6) is 0 Å². The van der Waals surface area contributed by atoms with Crippen LogP contribution in [-0.4, -0.2) is 0 Å². The SMILES string of the molecule is Brc1cccc([CH]c2ccccc2)c1. The molecule has 0 aliphatic carbocycles. The average Bonchev–Trinajstić information content (AvgIpc) is 2.19. The summed E-state index contributed by atoms with van der Waals surface area (Å²) in [6, 6.07) is 18.6. The highest BCUT2D eigenvalue weighted by molar-refractivity contribution is 9.10. The van der Waals surface area contributed by atoms with Crippen molar-refractivity contribution in [3.8, 4) is 0 Å². The summed E-state index contributed by atoms with van der Waals surface area (Å²) in [6.45, 7) is 0. The molecule has 2 aromatic carbocycles. The first-order chi connectivity index (χ1) is 6.84. The minimum Gasteiger partial charge on any atom is -0.0622 e. The van der Waals surface area contributed by atoms with Crippen LogP contribution >= 0.6 is 15.9 Å². The zero-order valence-corrected chi connectivity index (χ0v) is 9.24. The number of rotatable bonds is 2. The lowest BCUT2D eigenvalue weighted by atomic mass is 10.1. The van der Waals surface area contributed by atoms with Gasteiger partial charge in [0.25, 0.3) is 0 Å². The van der Waals surface area contributed by atoms with Gasteiger partial charge in [0.2, 0.25) is 0 Å². The van der Waals surface area contributed by atoms with Gasteiger partial charge in [0.05, 0.1) is 0 Å². The van der Waals surface area contributed by atoms with Gasteiger partial charge in [-0.2, -0.15) is 0 Å². The fourth-order valence-corrected chi connectivity index (χ4v) is 1.76. The summed E-state index contributed by atoms with van der Waals surface area (Å²) in [5, 5.41) is 0. The van der Waals surface area contributed by atoms with Gasteiger partial charge in [0.1, 0.15) is 0 Å². The molecule has 0 aliphatic heterocycles. The van der Waals surface area contributed by atoms with Crippen LogP contribution < -0.4 is 0 Å². The standard InChI is InChI=1S/C13H10Br/c14-13-8-4-7-12(10-13)9-11-5-2-1-3-6-11/h1-10H. The number of benzene rings is 2. The summed E-state index contributed by atoms with van der Waals surface area (Å²) in [5.41, 5.74) is 2.44. The number of hydrogen-bond donors (Lipinski definition) is 0. The molecule has 0 saturated carbocycles. The van der Waals surface area contributed by atoms with E-state index in [4.69, 9.17) is 0 Å². The highest BCUT2D eigenvalue weighted by atomic mass is 79.9. The Labute approximate surface area is 92.7 Å². The van der Waals surface area contributed by atoms with Gasteiger partial charge in [-0.3, -0.25) is 0 Å². The van der Waals surface area contributed by atoms with Crippen LogP contribution in [0.25, 0.3) is 0 Å². The van der Waals surface area contributed by atoms with Crippen LogP contribution in [0.4, 0.5) is 0 Å².